The molecule has 0 saturated carbocycles. The van der Waals surface area contributed by atoms with Gasteiger partial charge in [0.1, 0.15) is 0 Å². The number of carbonyl (C=O) groups excluding carboxylic acids is 2. The fourth-order valence-electron chi connectivity index (χ4n) is 2.38. The van der Waals surface area contributed by atoms with Gasteiger partial charge in [-0.05, 0) is 54.6 Å². The third-order valence-corrected chi connectivity index (χ3v) is 4.70. The molecule has 0 heterocycles. The van der Waals surface area contributed by atoms with Crippen LogP contribution in [0.1, 0.15) is 20.7 Å². The molecule has 0 spiro atoms. The van der Waals surface area contributed by atoms with Gasteiger partial charge in [0.2, 0.25) is 0 Å². The minimum absolute atomic E-state index is 0.295. The Kier molecular flexibility index (Phi) is 6.16. The molecule has 0 radical (unpaired) electrons. The van der Waals surface area contributed by atoms with Crippen LogP contribution >= 0.6 is 39.1 Å². The number of hydrogen-bond acceptors (Lipinski definition) is 2. The summed E-state index contributed by atoms with van der Waals surface area (Å²) < 4.78 is 0.750. The van der Waals surface area contributed by atoms with Crippen molar-refractivity contribution in [1.29, 1.82) is 0 Å². The van der Waals surface area contributed by atoms with E-state index in [2.05, 4.69) is 26.6 Å². The average molecular weight is 464 g/mol. The number of nitrogens with one attached hydrogen (secondary N) is 2. The predicted molar refractivity (Wildman–Crippen MR) is 113 cm³/mol. The van der Waals surface area contributed by atoms with E-state index >= 15 is 0 Å². The number of rotatable bonds is 4. The molecule has 0 bridgehead atoms. The number of halogens is 3. The molecule has 2 N–H and O–H groups in total. The summed E-state index contributed by atoms with van der Waals surface area (Å²) in [5.74, 6) is -0.643. The van der Waals surface area contributed by atoms with Gasteiger partial charge in [-0.3, -0.25) is 9.59 Å². The van der Waals surface area contributed by atoms with E-state index in [1.54, 1.807) is 66.7 Å². The molecular formula is C20H13BrCl2N2O2. The van der Waals surface area contributed by atoms with E-state index in [0.717, 1.165) is 4.47 Å². The van der Waals surface area contributed by atoms with Gasteiger partial charge in [-0.2, -0.15) is 0 Å². The lowest BCUT2D eigenvalue weighted by Gasteiger charge is -2.10. The maximum Gasteiger partial charge on any atom is 0.257 e. The first kappa shape index (κ1) is 19.4. The van der Waals surface area contributed by atoms with Crippen LogP contribution in [0, 0.1) is 0 Å². The highest BCUT2D eigenvalue weighted by molar-refractivity contribution is 9.10. The van der Waals surface area contributed by atoms with Crippen LogP contribution in [0.3, 0.4) is 0 Å². The molecule has 3 aromatic carbocycles. The monoisotopic (exact) mass is 462 g/mol. The van der Waals surface area contributed by atoms with Crippen molar-refractivity contribution in [3.05, 3.63) is 92.4 Å². The Morgan fingerprint density at radius 1 is 0.778 bits per heavy atom. The molecule has 3 aromatic rings. The molecule has 0 atom stereocenters. The van der Waals surface area contributed by atoms with Gasteiger partial charge in [-0.25, -0.2) is 0 Å². The summed E-state index contributed by atoms with van der Waals surface area (Å²) in [5, 5.41) is 6.38. The van der Waals surface area contributed by atoms with E-state index in [-0.39, 0.29) is 11.8 Å². The Hall–Kier alpha value is -2.34. The zero-order valence-corrected chi connectivity index (χ0v) is 16.9. The van der Waals surface area contributed by atoms with Crippen molar-refractivity contribution in [3.8, 4) is 0 Å². The normalized spacial score (nSPS) is 10.3. The Labute approximate surface area is 174 Å². The molecule has 7 heteroatoms. The van der Waals surface area contributed by atoms with Gasteiger partial charge < -0.3 is 10.6 Å². The average Bonchev–Trinajstić information content (AvgIpc) is 2.64. The summed E-state index contributed by atoms with van der Waals surface area (Å²) >= 11 is 15.3. The molecule has 0 unspecified atom stereocenters. The number of anilines is 2. The highest BCUT2D eigenvalue weighted by Gasteiger charge is 2.12. The first-order valence-corrected chi connectivity index (χ1v) is 9.40. The van der Waals surface area contributed by atoms with Crippen molar-refractivity contribution in [2.24, 2.45) is 0 Å². The minimum atomic E-state index is -0.348. The van der Waals surface area contributed by atoms with Gasteiger partial charge in [0.25, 0.3) is 11.8 Å². The van der Waals surface area contributed by atoms with Crippen LogP contribution < -0.4 is 10.6 Å². The lowest BCUT2D eigenvalue weighted by Crippen LogP contribution is -2.14. The van der Waals surface area contributed by atoms with Crippen molar-refractivity contribution in [2.45, 2.75) is 0 Å². The van der Waals surface area contributed by atoms with E-state index in [1.165, 1.54) is 0 Å². The van der Waals surface area contributed by atoms with Crippen LogP contribution in [-0.4, -0.2) is 11.8 Å². The maximum absolute atomic E-state index is 12.5. The van der Waals surface area contributed by atoms with Crippen molar-refractivity contribution >= 4 is 62.3 Å². The van der Waals surface area contributed by atoms with Gasteiger partial charge in [0.05, 0.1) is 10.6 Å². The van der Waals surface area contributed by atoms with Crippen molar-refractivity contribution in [3.63, 3.8) is 0 Å². The van der Waals surface area contributed by atoms with E-state index < -0.39 is 0 Å². The third kappa shape index (κ3) is 5.10. The zero-order chi connectivity index (χ0) is 19.4. The smallest absolute Gasteiger partial charge is 0.257 e. The molecule has 0 aliphatic carbocycles. The molecule has 3 rings (SSSR count). The summed E-state index contributed by atoms with van der Waals surface area (Å²) in [6.07, 6.45) is 0. The van der Waals surface area contributed by atoms with Crippen LogP contribution in [0.2, 0.25) is 10.0 Å². The van der Waals surface area contributed by atoms with Gasteiger partial charge in [-0.15, -0.1) is 0 Å². The fraction of sp³-hybridized carbons (Fsp3) is 0. The molecule has 0 aromatic heterocycles. The SMILES string of the molecule is O=C(Nc1cccc(NC(=O)c2cc(Br)ccc2Cl)c1)c1cccc(Cl)c1. The van der Waals surface area contributed by atoms with Crippen molar-refractivity contribution in [1.82, 2.24) is 0 Å². The van der Waals surface area contributed by atoms with Crippen molar-refractivity contribution < 1.29 is 9.59 Å². The zero-order valence-electron chi connectivity index (χ0n) is 13.8. The van der Waals surface area contributed by atoms with Crippen LogP contribution in [-0.2, 0) is 0 Å². The second-order valence-corrected chi connectivity index (χ2v) is 7.38. The van der Waals surface area contributed by atoms with Gasteiger partial charge in [-0.1, -0.05) is 51.3 Å². The van der Waals surface area contributed by atoms with Crippen LogP contribution in [0.5, 0.6) is 0 Å². The van der Waals surface area contributed by atoms with E-state index in [1.807, 2.05) is 0 Å². The van der Waals surface area contributed by atoms with Crippen molar-refractivity contribution in [2.75, 3.05) is 10.6 Å². The highest BCUT2D eigenvalue weighted by Crippen LogP contribution is 2.23. The van der Waals surface area contributed by atoms with E-state index in [4.69, 9.17) is 23.2 Å². The summed E-state index contributed by atoms with van der Waals surface area (Å²) in [5.41, 5.74) is 1.86. The molecule has 0 saturated heterocycles. The van der Waals surface area contributed by atoms with Crippen LogP contribution in [0.4, 0.5) is 11.4 Å². The molecule has 2 amide bonds. The first-order chi connectivity index (χ1) is 12.9. The molecule has 0 aliphatic heterocycles. The van der Waals surface area contributed by atoms with E-state index in [9.17, 15) is 9.59 Å². The summed E-state index contributed by atoms with van der Waals surface area (Å²) in [7, 11) is 0. The van der Waals surface area contributed by atoms with Crippen LogP contribution in [0.15, 0.2) is 71.2 Å². The standard InChI is InChI=1S/C20H13BrCl2N2O2/c21-13-7-8-18(23)17(10-13)20(27)25-16-6-2-5-15(11-16)24-19(26)12-3-1-4-14(22)9-12/h1-11H,(H,24,26)(H,25,27). The third-order valence-electron chi connectivity index (χ3n) is 3.64. The number of amides is 2. The second-order valence-electron chi connectivity index (χ2n) is 5.62. The molecule has 136 valence electrons. The summed E-state index contributed by atoms with van der Waals surface area (Å²) in [6.45, 7) is 0. The maximum atomic E-state index is 12.5. The molecule has 4 nitrogen and oxygen atoms in total. The molecule has 0 aliphatic rings. The summed E-state index contributed by atoms with van der Waals surface area (Å²) in [4.78, 5) is 24.8. The second kappa shape index (κ2) is 8.57. The predicted octanol–water partition coefficient (Wildman–Crippen LogP) is 6.26. The topological polar surface area (TPSA) is 58.2 Å². The Morgan fingerprint density at radius 3 is 2.15 bits per heavy atom. The lowest BCUT2D eigenvalue weighted by atomic mass is 10.2. The Bertz CT molecular complexity index is 1020. The molecular weight excluding hydrogens is 451 g/mol. The van der Waals surface area contributed by atoms with Gasteiger partial charge in [0.15, 0.2) is 0 Å². The molecule has 27 heavy (non-hydrogen) atoms. The number of benzene rings is 3. The first-order valence-electron chi connectivity index (χ1n) is 7.86. The lowest BCUT2D eigenvalue weighted by molar-refractivity contribution is 0.101. The van der Waals surface area contributed by atoms with Gasteiger partial charge >= 0.3 is 0 Å². The summed E-state index contributed by atoms with van der Waals surface area (Å²) in [6, 6.07) is 18.5. The number of carbonyl (C=O) groups is 2. The number of hydrogen-bond donors (Lipinski definition) is 2. The Balaban J connectivity index is 1.74. The largest absolute Gasteiger partial charge is 0.322 e. The fourth-order valence-corrected chi connectivity index (χ4v) is 3.13. The van der Waals surface area contributed by atoms with E-state index in [0.29, 0.717) is 32.5 Å². The Morgan fingerprint density at radius 2 is 1.44 bits per heavy atom. The highest BCUT2D eigenvalue weighted by atomic mass is 79.9. The minimum Gasteiger partial charge on any atom is -0.322 e. The quantitative estimate of drug-likeness (QED) is 0.479. The van der Waals surface area contributed by atoms with Crippen LogP contribution in [0.25, 0.3) is 0 Å². The molecule has 0 fully saturated rings. The van der Waals surface area contributed by atoms with Gasteiger partial charge in [0, 0.05) is 26.4 Å².